The number of piperazine rings is 1. The zero-order chi connectivity index (χ0) is 33.6. The van der Waals surface area contributed by atoms with Crippen LogP contribution < -0.4 is 10.6 Å². The van der Waals surface area contributed by atoms with E-state index in [-0.39, 0.29) is 57.8 Å². The van der Waals surface area contributed by atoms with Gasteiger partial charge in [0, 0.05) is 47.9 Å². The summed E-state index contributed by atoms with van der Waals surface area (Å²) >= 11 is 0. The molecule has 46 heavy (non-hydrogen) atoms. The Morgan fingerprint density at radius 3 is 2.37 bits per heavy atom. The van der Waals surface area contributed by atoms with E-state index in [1.54, 1.807) is 32.2 Å². The van der Waals surface area contributed by atoms with Crippen LogP contribution in [0.2, 0.25) is 0 Å². The van der Waals surface area contributed by atoms with Crippen LogP contribution >= 0.6 is 0 Å². The fourth-order valence-corrected chi connectivity index (χ4v) is 6.32. The van der Waals surface area contributed by atoms with Crippen LogP contribution in [0.3, 0.4) is 0 Å². The molecule has 0 N–H and O–H groups in total. The fraction of sp³-hybridized carbons (Fsp3) is 0.294. The van der Waals surface area contributed by atoms with E-state index in [0.717, 1.165) is 5.56 Å². The number of aromatic nitrogens is 3. The molecule has 7 nitrogen and oxygen atoms in total. The van der Waals surface area contributed by atoms with Crippen LogP contribution in [0.5, 0.6) is 0 Å². The summed E-state index contributed by atoms with van der Waals surface area (Å²) in [5, 5.41) is 0.180. The summed E-state index contributed by atoms with van der Waals surface area (Å²) in [6.45, 7) is 12.7. The first-order valence-electron chi connectivity index (χ1n) is 14.9. The van der Waals surface area contributed by atoms with Crippen molar-refractivity contribution in [1.82, 2.24) is 19.4 Å². The van der Waals surface area contributed by atoms with E-state index in [1.807, 2.05) is 25.7 Å². The van der Waals surface area contributed by atoms with Gasteiger partial charge in [0.1, 0.15) is 17.5 Å². The van der Waals surface area contributed by atoms with Crippen LogP contribution in [0.15, 0.2) is 65.2 Å². The molecule has 2 aromatic carbocycles. The molecular formula is C34H32B2F3N5O2. The number of benzene rings is 2. The van der Waals surface area contributed by atoms with E-state index in [2.05, 4.69) is 16.5 Å². The molecular weight excluding hydrogens is 589 g/mol. The second-order valence-electron chi connectivity index (χ2n) is 12.0. The zero-order valence-electron chi connectivity index (χ0n) is 26.3. The van der Waals surface area contributed by atoms with Gasteiger partial charge in [-0.05, 0) is 62.1 Å². The van der Waals surface area contributed by atoms with E-state index in [4.69, 9.17) is 15.7 Å². The van der Waals surface area contributed by atoms with Crippen molar-refractivity contribution in [2.24, 2.45) is 0 Å². The van der Waals surface area contributed by atoms with Crippen LogP contribution in [0.1, 0.15) is 50.4 Å². The Labute approximate surface area is 268 Å². The van der Waals surface area contributed by atoms with Gasteiger partial charge in [0.05, 0.1) is 32.6 Å². The highest BCUT2D eigenvalue weighted by Gasteiger charge is 2.35. The van der Waals surface area contributed by atoms with Crippen LogP contribution in [0.4, 0.5) is 19.0 Å². The molecule has 0 spiro atoms. The Hall–Kier alpha value is -4.60. The molecule has 1 saturated heterocycles. The number of halogens is 3. The van der Waals surface area contributed by atoms with Crippen molar-refractivity contribution in [3.63, 3.8) is 0 Å². The van der Waals surface area contributed by atoms with E-state index >= 15 is 8.78 Å². The van der Waals surface area contributed by atoms with Crippen molar-refractivity contribution in [1.29, 1.82) is 0 Å². The number of nitrogens with zero attached hydrogens (tertiary/aromatic N) is 5. The molecule has 12 heteroatoms. The van der Waals surface area contributed by atoms with Crippen molar-refractivity contribution >= 4 is 44.4 Å². The fourth-order valence-electron chi connectivity index (χ4n) is 6.32. The summed E-state index contributed by atoms with van der Waals surface area (Å²) < 4.78 is 46.9. The molecule has 3 heterocycles. The second kappa shape index (κ2) is 12.7. The molecule has 5 rings (SSSR count). The van der Waals surface area contributed by atoms with Gasteiger partial charge < -0.3 is 9.80 Å². The highest BCUT2D eigenvalue weighted by atomic mass is 19.1. The Kier molecular flexibility index (Phi) is 9.02. The maximum atomic E-state index is 16.3. The Morgan fingerprint density at radius 2 is 1.76 bits per heavy atom. The first kappa shape index (κ1) is 32.8. The third-order valence-corrected chi connectivity index (χ3v) is 8.20. The molecule has 0 saturated carbocycles. The molecule has 0 unspecified atom stereocenters. The molecule has 2 aromatic heterocycles. The van der Waals surface area contributed by atoms with E-state index in [1.165, 1.54) is 39.8 Å². The predicted molar refractivity (Wildman–Crippen MR) is 177 cm³/mol. The minimum Gasteiger partial charge on any atom is -0.347 e. The maximum Gasteiger partial charge on any atom is 0.354 e. The highest BCUT2D eigenvalue weighted by molar-refractivity contribution is 6.50. The van der Waals surface area contributed by atoms with Gasteiger partial charge in [-0.3, -0.25) is 14.3 Å². The normalized spacial score (nSPS) is 16.6. The van der Waals surface area contributed by atoms with Crippen LogP contribution in [0, 0.1) is 18.6 Å². The maximum absolute atomic E-state index is 16.3. The van der Waals surface area contributed by atoms with Crippen molar-refractivity contribution in [2.45, 2.75) is 52.6 Å². The van der Waals surface area contributed by atoms with Crippen LogP contribution in [-0.4, -0.2) is 66.2 Å². The summed E-state index contributed by atoms with van der Waals surface area (Å²) in [5.41, 5.74) is 1.49. The first-order chi connectivity index (χ1) is 21.7. The van der Waals surface area contributed by atoms with E-state index in [9.17, 15) is 14.0 Å². The topological polar surface area (TPSA) is 71.3 Å². The molecule has 0 aliphatic carbocycles. The average Bonchev–Trinajstić information content (AvgIpc) is 2.96. The first-order valence-corrected chi connectivity index (χ1v) is 14.9. The molecule has 1 fully saturated rings. The Balaban J connectivity index is 1.86. The van der Waals surface area contributed by atoms with Gasteiger partial charge in [0.2, 0.25) is 0 Å². The lowest BCUT2D eigenvalue weighted by Crippen LogP contribution is -2.59. The molecule has 4 radical (unpaired) electrons. The van der Waals surface area contributed by atoms with Gasteiger partial charge >= 0.3 is 5.69 Å². The minimum atomic E-state index is -1.07. The van der Waals surface area contributed by atoms with Crippen LogP contribution in [-0.2, 0) is 4.79 Å². The average molecular weight is 621 g/mol. The smallest absolute Gasteiger partial charge is 0.347 e. The second-order valence-corrected chi connectivity index (χ2v) is 12.0. The number of hydrogen-bond donors (Lipinski definition) is 0. The number of amides is 1. The van der Waals surface area contributed by atoms with E-state index < -0.39 is 41.1 Å². The molecule has 2 atom stereocenters. The lowest BCUT2D eigenvalue weighted by atomic mass is 9.77. The quantitative estimate of drug-likeness (QED) is 0.204. The lowest BCUT2D eigenvalue weighted by molar-refractivity contribution is -0.129. The summed E-state index contributed by atoms with van der Waals surface area (Å²) in [6.07, 6.45) is 2.99. The van der Waals surface area contributed by atoms with Gasteiger partial charge in [-0.2, -0.15) is 10.4 Å². The Bertz CT molecular complexity index is 1960. The minimum absolute atomic E-state index is 0.0834. The SMILES string of the molecule is [B]C([B])=Cc1cccc(F)c1-c1cc2c(cc1F)c(N1[C@@H](C)CN(C(=O)C(=C)F)C[C@@H]1C)nc(=O)n2-c1c(C)ccnc1C(C)C. The van der Waals surface area contributed by atoms with Gasteiger partial charge in [-0.15, -0.1) is 0 Å². The third-order valence-electron chi connectivity index (χ3n) is 8.20. The van der Waals surface area contributed by atoms with Gasteiger partial charge in [-0.1, -0.05) is 38.6 Å². The predicted octanol–water partition coefficient (Wildman–Crippen LogP) is 5.70. The van der Waals surface area contributed by atoms with Crippen molar-refractivity contribution in [3.8, 4) is 16.8 Å². The summed E-state index contributed by atoms with van der Waals surface area (Å²) in [5.74, 6) is -3.28. The molecule has 1 amide bonds. The monoisotopic (exact) mass is 621 g/mol. The highest BCUT2D eigenvalue weighted by Crippen LogP contribution is 2.38. The number of pyridine rings is 1. The number of rotatable bonds is 6. The standard InChI is InChI=1S/C34H32B2F3N5O2/c1-17(2)30-31(18(3)10-11-40-30)44-27-14-23(29-22(12-28(35)36)8-7-9-25(29)38)26(39)13-24(27)32(41-34(44)46)43-19(4)15-42(16-20(43)5)33(45)21(6)37/h7-14,17,19-20H,6,15-16H2,1-5H3/t19-,20-/m0/s1. The molecule has 1 aliphatic rings. The molecule has 4 aromatic rings. The molecule has 0 bridgehead atoms. The lowest BCUT2D eigenvalue weighted by Gasteiger charge is -2.45. The Morgan fingerprint density at radius 1 is 1.09 bits per heavy atom. The van der Waals surface area contributed by atoms with Gasteiger partial charge in [-0.25, -0.2) is 18.0 Å². The number of carbonyl (C=O) groups is 1. The molecule has 232 valence electrons. The van der Waals surface area contributed by atoms with Crippen LogP contribution in [0.25, 0.3) is 33.8 Å². The number of aryl methyl sites for hydroxylation is 1. The van der Waals surface area contributed by atoms with Gasteiger partial charge in [0.15, 0.2) is 5.83 Å². The number of fused-ring (bicyclic) bond motifs is 1. The summed E-state index contributed by atoms with van der Waals surface area (Å²) in [4.78, 5) is 38.8. The summed E-state index contributed by atoms with van der Waals surface area (Å²) in [6, 6.07) is 7.77. The van der Waals surface area contributed by atoms with Gasteiger partial charge in [0.25, 0.3) is 5.91 Å². The van der Waals surface area contributed by atoms with Crippen molar-refractivity contribution in [3.05, 3.63) is 99.3 Å². The molecule has 1 aliphatic heterocycles. The van der Waals surface area contributed by atoms with E-state index in [0.29, 0.717) is 11.4 Å². The number of carbonyl (C=O) groups excluding carboxylic acids is 1. The largest absolute Gasteiger partial charge is 0.354 e. The summed E-state index contributed by atoms with van der Waals surface area (Å²) in [7, 11) is 11.4. The zero-order valence-corrected chi connectivity index (χ0v) is 26.3. The van der Waals surface area contributed by atoms with Crippen molar-refractivity contribution < 1.29 is 18.0 Å². The third kappa shape index (κ3) is 5.88. The number of hydrogen-bond acceptors (Lipinski definition) is 5. The number of anilines is 1. The van der Waals surface area contributed by atoms with Crippen molar-refractivity contribution in [2.75, 3.05) is 18.0 Å².